The molecule has 33 heavy (non-hydrogen) atoms. The summed E-state index contributed by atoms with van der Waals surface area (Å²) < 4.78 is 10.6. The summed E-state index contributed by atoms with van der Waals surface area (Å²) in [6.07, 6.45) is 2.16. The normalized spacial score (nSPS) is 15.2. The van der Waals surface area contributed by atoms with Gasteiger partial charge in [-0.2, -0.15) is 0 Å². The standard InChI is InChI=1S/C24H26ClN3O5/c25-18-5-3-16(4-6-18)23(30)26-11-1-2-22(29)28-12-9-17(10-13-28)24(31)27-19-7-8-20-21(14-19)33-15-32-20/h3-8,14,17H,1-2,9-13,15H2,(H,26,30)(H,27,31). The predicted octanol–water partition coefficient (Wildman–Crippen LogP) is 3.46. The maximum atomic E-state index is 12.6. The van der Waals surface area contributed by atoms with Crippen molar-refractivity contribution in [3.63, 3.8) is 0 Å². The highest BCUT2D eigenvalue weighted by Gasteiger charge is 2.27. The summed E-state index contributed by atoms with van der Waals surface area (Å²) >= 11 is 5.83. The predicted molar refractivity (Wildman–Crippen MR) is 124 cm³/mol. The molecule has 9 heteroatoms. The molecule has 2 N–H and O–H groups in total. The van der Waals surface area contributed by atoms with Crippen molar-refractivity contribution < 1.29 is 23.9 Å². The van der Waals surface area contributed by atoms with E-state index in [2.05, 4.69) is 10.6 Å². The number of halogens is 1. The number of piperidine rings is 1. The monoisotopic (exact) mass is 471 g/mol. The molecule has 0 saturated carbocycles. The molecule has 0 aromatic heterocycles. The number of nitrogens with one attached hydrogen (secondary N) is 2. The number of nitrogens with zero attached hydrogens (tertiary/aromatic N) is 1. The third-order valence-electron chi connectivity index (χ3n) is 5.82. The Bertz CT molecular complexity index is 1020. The van der Waals surface area contributed by atoms with Crippen LogP contribution in [0.25, 0.3) is 0 Å². The summed E-state index contributed by atoms with van der Waals surface area (Å²) in [5.41, 5.74) is 1.20. The van der Waals surface area contributed by atoms with Crippen LogP contribution in [0.5, 0.6) is 11.5 Å². The zero-order valence-electron chi connectivity index (χ0n) is 18.1. The lowest BCUT2D eigenvalue weighted by atomic mass is 9.95. The van der Waals surface area contributed by atoms with Gasteiger partial charge in [-0.25, -0.2) is 0 Å². The van der Waals surface area contributed by atoms with Crippen molar-refractivity contribution in [3.05, 3.63) is 53.1 Å². The smallest absolute Gasteiger partial charge is 0.251 e. The van der Waals surface area contributed by atoms with Crippen molar-refractivity contribution in [2.75, 3.05) is 31.7 Å². The number of amides is 3. The molecule has 0 atom stereocenters. The fourth-order valence-corrected chi connectivity index (χ4v) is 4.04. The highest BCUT2D eigenvalue weighted by molar-refractivity contribution is 6.30. The maximum absolute atomic E-state index is 12.6. The molecule has 4 rings (SSSR count). The quantitative estimate of drug-likeness (QED) is 0.603. The maximum Gasteiger partial charge on any atom is 0.251 e. The molecular weight excluding hydrogens is 446 g/mol. The SMILES string of the molecule is O=C(NCCCC(=O)N1CCC(C(=O)Nc2ccc3c(c2)OCO3)CC1)c1ccc(Cl)cc1. The van der Waals surface area contributed by atoms with Crippen LogP contribution in [0.4, 0.5) is 5.69 Å². The number of carbonyl (C=O) groups is 3. The molecule has 0 unspecified atom stereocenters. The lowest BCUT2D eigenvalue weighted by molar-refractivity contribution is -0.134. The summed E-state index contributed by atoms with van der Waals surface area (Å²) in [5.74, 6) is 0.963. The van der Waals surface area contributed by atoms with Crippen LogP contribution in [-0.4, -0.2) is 49.0 Å². The number of anilines is 1. The summed E-state index contributed by atoms with van der Waals surface area (Å²) in [6, 6.07) is 12.0. The van der Waals surface area contributed by atoms with Crippen molar-refractivity contribution in [2.24, 2.45) is 5.92 Å². The fourth-order valence-electron chi connectivity index (χ4n) is 3.91. The van der Waals surface area contributed by atoms with E-state index in [1.54, 1.807) is 47.4 Å². The van der Waals surface area contributed by atoms with Crippen LogP contribution in [0.15, 0.2) is 42.5 Å². The van der Waals surface area contributed by atoms with Crippen molar-refractivity contribution in [3.8, 4) is 11.5 Å². The molecule has 1 fully saturated rings. The minimum Gasteiger partial charge on any atom is -0.454 e. The van der Waals surface area contributed by atoms with Gasteiger partial charge in [0.1, 0.15) is 0 Å². The Hall–Kier alpha value is -3.26. The van der Waals surface area contributed by atoms with Crippen LogP contribution in [0.1, 0.15) is 36.0 Å². The van der Waals surface area contributed by atoms with Gasteiger partial charge in [0.15, 0.2) is 11.5 Å². The molecule has 2 aliphatic heterocycles. The number of benzene rings is 2. The Balaban J connectivity index is 1.15. The molecule has 2 aromatic carbocycles. The van der Waals surface area contributed by atoms with Crippen molar-refractivity contribution in [1.29, 1.82) is 0 Å². The van der Waals surface area contributed by atoms with Gasteiger partial charge in [0.2, 0.25) is 18.6 Å². The molecule has 0 bridgehead atoms. The first kappa shape index (κ1) is 22.9. The molecule has 2 aliphatic rings. The van der Waals surface area contributed by atoms with Gasteiger partial charge in [-0.05, 0) is 55.7 Å². The van der Waals surface area contributed by atoms with E-state index >= 15 is 0 Å². The Kier molecular flexibility index (Phi) is 7.34. The zero-order chi connectivity index (χ0) is 23.2. The molecule has 174 valence electrons. The Morgan fingerprint density at radius 3 is 2.48 bits per heavy atom. The molecule has 0 aliphatic carbocycles. The largest absolute Gasteiger partial charge is 0.454 e. The van der Waals surface area contributed by atoms with Gasteiger partial charge in [-0.3, -0.25) is 14.4 Å². The average Bonchev–Trinajstić information content (AvgIpc) is 3.30. The van der Waals surface area contributed by atoms with Gasteiger partial charge in [0.05, 0.1) is 0 Å². The molecule has 2 aromatic rings. The van der Waals surface area contributed by atoms with Crippen LogP contribution in [0, 0.1) is 5.92 Å². The Morgan fingerprint density at radius 2 is 1.73 bits per heavy atom. The average molecular weight is 472 g/mol. The van der Waals surface area contributed by atoms with Crippen molar-refractivity contribution in [2.45, 2.75) is 25.7 Å². The molecule has 1 saturated heterocycles. The van der Waals surface area contributed by atoms with Crippen molar-refractivity contribution >= 4 is 35.0 Å². The van der Waals surface area contributed by atoms with E-state index in [1.165, 1.54) is 0 Å². The second kappa shape index (κ2) is 10.6. The van der Waals surface area contributed by atoms with E-state index in [0.717, 1.165) is 0 Å². The van der Waals surface area contributed by atoms with E-state index in [4.69, 9.17) is 21.1 Å². The number of hydrogen-bond donors (Lipinski definition) is 2. The molecule has 0 radical (unpaired) electrons. The number of likely N-dealkylation sites (tertiary alicyclic amines) is 1. The molecule has 0 spiro atoms. The number of ether oxygens (including phenoxy) is 2. The minimum absolute atomic E-state index is 0.0466. The molecular formula is C24H26ClN3O5. The lowest BCUT2D eigenvalue weighted by Crippen LogP contribution is -2.41. The third-order valence-corrected chi connectivity index (χ3v) is 6.07. The minimum atomic E-state index is -0.187. The lowest BCUT2D eigenvalue weighted by Gasteiger charge is -2.31. The van der Waals surface area contributed by atoms with Crippen LogP contribution >= 0.6 is 11.6 Å². The van der Waals surface area contributed by atoms with Gasteiger partial charge in [0.25, 0.3) is 5.91 Å². The van der Waals surface area contributed by atoms with E-state index in [9.17, 15) is 14.4 Å². The van der Waals surface area contributed by atoms with Gasteiger partial charge in [-0.15, -0.1) is 0 Å². The topological polar surface area (TPSA) is 97.0 Å². The molecule has 3 amide bonds. The first-order chi connectivity index (χ1) is 16.0. The Labute approximate surface area is 197 Å². The van der Waals surface area contributed by atoms with Gasteiger partial charge >= 0.3 is 0 Å². The number of carbonyl (C=O) groups excluding carboxylic acids is 3. The van der Waals surface area contributed by atoms with E-state index in [0.29, 0.717) is 73.1 Å². The van der Waals surface area contributed by atoms with E-state index < -0.39 is 0 Å². The van der Waals surface area contributed by atoms with Crippen LogP contribution < -0.4 is 20.1 Å². The number of hydrogen-bond acceptors (Lipinski definition) is 5. The first-order valence-electron chi connectivity index (χ1n) is 11.0. The summed E-state index contributed by atoms with van der Waals surface area (Å²) in [7, 11) is 0. The molecule has 8 nitrogen and oxygen atoms in total. The Morgan fingerprint density at radius 1 is 1.00 bits per heavy atom. The first-order valence-corrected chi connectivity index (χ1v) is 11.4. The summed E-state index contributed by atoms with van der Waals surface area (Å²) in [4.78, 5) is 39.0. The van der Waals surface area contributed by atoms with Gasteiger partial charge in [-0.1, -0.05) is 11.6 Å². The number of rotatable bonds is 7. The highest BCUT2D eigenvalue weighted by Crippen LogP contribution is 2.34. The highest BCUT2D eigenvalue weighted by atomic mass is 35.5. The third kappa shape index (κ3) is 5.96. The van der Waals surface area contributed by atoms with Crippen LogP contribution in [0.3, 0.4) is 0 Å². The zero-order valence-corrected chi connectivity index (χ0v) is 18.9. The van der Waals surface area contributed by atoms with E-state index in [1.807, 2.05) is 0 Å². The summed E-state index contributed by atoms with van der Waals surface area (Å²) in [6.45, 7) is 1.71. The summed E-state index contributed by atoms with van der Waals surface area (Å²) in [5, 5.41) is 6.32. The molecule has 2 heterocycles. The second-order valence-corrected chi connectivity index (χ2v) is 8.52. The second-order valence-electron chi connectivity index (χ2n) is 8.08. The van der Waals surface area contributed by atoms with Crippen LogP contribution in [-0.2, 0) is 9.59 Å². The van der Waals surface area contributed by atoms with Gasteiger partial charge < -0.3 is 25.0 Å². The van der Waals surface area contributed by atoms with Crippen molar-refractivity contribution in [1.82, 2.24) is 10.2 Å². The number of fused-ring (bicyclic) bond motifs is 1. The van der Waals surface area contributed by atoms with E-state index in [-0.39, 0.29) is 30.4 Å². The fraction of sp³-hybridized carbons (Fsp3) is 0.375. The van der Waals surface area contributed by atoms with Gasteiger partial charge in [0, 0.05) is 54.3 Å². The van der Waals surface area contributed by atoms with Crippen LogP contribution in [0.2, 0.25) is 5.02 Å².